The van der Waals surface area contributed by atoms with E-state index in [4.69, 9.17) is 11.6 Å². The number of benzene rings is 1. The van der Waals surface area contributed by atoms with Crippen LogP contribution in [0.4, 0.5) is 5.69 Å². The van der Waals surface area contributed by atoms with E-state index in [0.717, 1.165) is 23.7 Å². The molecule has 1 aromatic carbocycles. The molecule has 1 amide bonds. The average molecular weight is 356 g/mol. The first-order valence-electron chi connectivity index (χ1n) is 8.26. The number of hydrogen-bond donors (Lipinski definition) is 1. The lowest BCUT2D eigenvalue weighted by atomic mass is 10.1. The van der Waals surface area contributed by atoms with Crippen molar-refractivity contribution in [3.05, 3.63) is 65.2 Å². The molecule has 0 unspecified atom stereocenters. The van der Waals surface area contributed by atoms with Gasteiger partial charge in [0.1, 0.15) is 0 Å². The second-order valence-electron chi connectivity index (χ2n) is 6.40. The maximum absolute atomic E-state index is 12.3. The summed E-state index contributed by atoms with van der Waals surface area (Å²) in [6, 6.07) is 7.46. The van der Waals surface area contributed by atoms with Crippen molar-refractivity contribution in [2.24, 2.45) is 5.92 Å². The minimum absolute atomic E-state index is 0.139. The van der Waals surface area contributed by atoms with Crippen molar-refractivity contribution in [2.75, 3.05) is 5.32 Å². The van der Waals surface area contributed by atoms with Crippen LogP contribution in [0.3, 0.4) is 0 Å². The normalized spacial score (nSPS) is 13.8. The number of nitrogens with one attached hydrogen (secondary N) is 1. The van der Waals surface area contributed by atoms with Gasteiger partial charge in [-0.1, -0.05) is 23.7 Å². The summed E-state index contributed by atoms with van der Waals surface area (Å²) in [5.41, 5.74) is 2.38. The molecule has 0 aliphatic heterocycles. The van der Waals surface area contributed by atoms with Gasteiger partial charge in [0.15, 0.2) is 0 Å². The molecule has 2 aromatic heterocycles. The largest absolute Gasteiger partial charge is 0.319 e. The maximum atomic E-state index is 12.3. The average Bonchev–Trinajstić information content (AvgIpc) is 3.16. The van der Waals surface area contributed by atoms with Gasteiger partial charge in [0.25, 0.3) is 5.91 Å². The lowest BCUT2D eigenvalue weighted by molar-refractivity contribution is 0.102. The molecule has 1 aliphatic rings. The highest BCUT2D eigenvalue weighted by molar-refractivity contribution is 6.30. The smallest absolute Gasteiger partial charge is 0.255 e. The Morgan fingerprint density at radius 3 is 2.56 bits per heavy atom. The standard InChI is InChI=1S/C18H18ClN5O/c19-16-7-20-23(11-16)9-14-3-5-15(6-4-14)18(25)22-17-8-21-24(12-17)10-13-1-2-13/h3-8,11-13H,1-2,9-10H2,(H,22,25). The summed E-state index contributed by atoms with van der Waals surface area (Å²) >= 11 is 5.86. The van der Waals surface area contributed by atoms with Gasteiger partial charge in [0.05, 0.1) is 29.6 Å². The van der Waals surface area contributed by atoms with Crippen molar-refractivity contribution in [3.63, 3.8) is 0 Å². The Hall–Kier alpha value is -2.60. The van der Waals surface area contributed by atoms with Crippen LogP contribution in [0.25, 0.3) is 0 Å². The molecular formula is C18H18ClN5O. The van der Waals surface area contributed by atoms with E-state index >= 15 is 0 Å². The van der Waals surface area contributed by atoms with Crippen LogP contribution < -0.4 is 5.32 Å². The number of hydrogen-bond acceptors (Lipinski definition) is 3. The predicted octanol–water partition coefficient (Wildman–Crippen LogP) is 3.44. The summed E-state index contributed by atoms with van der Waals surface area (Å²) in [7, 11) is 0. The third-order valence-electron chi connectivity index (χ3n) is 4.20. The molecule has 3 aromatic rings. The number of nitrogens with zero attached hydrogens (tertiary/aromatic N) is 4. The van der Waals surface area contributed by atoms with Crippen molar-refractivity contribution in [2.45, 2.75) is 25.9 Å². The van der Waals surface area contributed by atoms with Gasteiger partial charge in [-0.3, -0.25) is 14.2 Å². The summed E-state index contributed by atoms with van der Waals surface area (Å²) in [4.78, 5) is 12.3. The molecule has 7 heteroatoms. The van der Waals surface area contributed by atoms with Gasteiger partial charge in [-0.25, -0.2) is 0 Å². The monoisotopic (exact) mass is 355 g/mol. The van der Waals surface area contributed by atoms with Crippen LogP contribution in [0.5, 0.6) is 0 Å². The lowest BCUT2D eigenvalue weighted by Gasteiger charge is -2.05. The van der Waals surface area contributed by atoms with Crippen molar-refractivity contribution in [1.82, 2.24) is 19.6 Å². The fourth-order valence-corrected chi connectivity index (χ4v) is 2.83. The van der Waals surface area contributed by atoms with Crippen LogP contribution in [0.15, 0.2) is 49.1 Å². The van der Waals surface area contributed by atoms with Crippen molar-refractivity contribution < 1.29 is 4.79 Å². The zero-order valence-electron chi connectivity index (χ0n) is 13.6. The highest BCUT2D eigenvalue weighted by atomic mass is 35.5. The fraction of sp³-hybridized carbons (Fsp3) is 0.278. The SMILES string of the molecule is O=C(Nc1cnn(CC2CC2)c1)c1ccc(Cn2cc(Cl)cn2)cc1. The quantitative estimate of drug-likeness (QED) is 0.736. The minimum Gasteiger partial charge on any atom is -0.319 e. The van der Waals surface area contributed by atoms with Crippen LogP contribution in [0.2, 0.25) is 5.02 Å². The number of halogens is 1. The minimum atomic E-state index is -0.139. The van der Waals surface area contributed by atoms with Gasteiger partial charge in [0.2, 0.25) is 0 Å². The Balaban J connectivity index is 1.37. The fourth-order valence-electron chi connectivity index (χ4n) is 2.67. The lowest BCUT2D eigenvalue weighted by Crippen LogP contribution is -2.11. The Morgan fingerprint density at radius 1 is 1.12 bits per heavy atom. The molecule has 1 N–H and O–H groups in total. The zero-order valence-corrected chi connectivity index (χ0v) is 14.4. The van der Waals surface area contributed by atoms with Crippen molar-refractivity contribution in [1.29, 1.82) is 0 Å². The van der Waals surface area contributed by atoms with Gasteiger partial charge in [-0.15, -0.1) is 0 Å². The highest BCUT2D eigenvalue weighted by Gasteiger charge is 2.22. The van der Waals surface area contributed by atoms with Crippen molar-refractivity contribution in [3.8, 4) is 0 Å². The summed E-state index contributed by atoms with van der Waals surface area (Å²) in [5.74, 6) is 0.611. The first-order chi connectivity index (χ1) is 12.2. The molecule has 0 atom stereocenters. The molecule has 1 fully saturated rings. The highest BCUT2D eigenvalue weighted by Crippen LogP contribution is 2.30. The van der Waals surface area contributed by atoms with Gasteiger partial charge in [-0.2, -0.15) is 10.2 Å². The Kier molecular flexibility index (Phi) is 4.28. The van der Waals surface area contributed by atoms with E-state index in [1.165, 1.54) is 12.8 Å². The Labute approximate surface area is 150 Å². The molecule has 128 valence electrons. The Bertz CT molecular complexity index is 879. The first-order valence-corrected chi connectivity index (χ1v) is 8.64. The van der Waals surface area contributed by atoms with E-state index in [-0.39, 0.29) is 5.91 Å². The van der Waals surface area contributed by atoms with E-state index in [9.17, 15) is 4.79 Å². The van der Waals surface area contributed by atoms with Gasteiger partial charge in [-0.05, 0) is 36.5 Å². The molecule has 0 saturated heterocycles. The molecule has 25 heavy (non-hydrogen) atoms. The molecule has 1 aliphatic carbocycles. The van der Waals surface area contributed by atoms with E-state index < -0.39 is 0 Å². The molecule has 1 saturated carbocycles. The van der Waals surface area contributed by atoms with Gasteiger partial charge in [0, 0.05) is 24.5 Å². The van der Waals surface area contributed by atoms with Crippen LogP contribution in [0, 0.1) is 5.92 Å². The summed E-state index contributed by atoms with van der Waals surface area (Å²) in [5, 5.41) is 11.9. The van der Waals surface area contributed by atoms with Crippen LogP contribution >= 0.6 is 11.6 Å². The van der Waals surface area contributed by atoms with E-state index in [1.54, 1.807) is 23.3 Å². The van der Waals surface area contributed by atoms with E-state index in [0.29, 0.717) is 17.1 Å². The molecule has 0 bridgehead atoms. The molecule has 6 nitrogen and oxygen atoms in total. The van der Waals surface area contributed by atoms with Gasteiger partial charge < -0.3 is 5.32 Å². The number of carbonyl (C=O) groups is 1. The molecule has 2 heterocycles. The second kappa shape index (κ2) is 6.72. The van der Waals surface area contributed by atoms with E-state index in [1.807, 2.05) is 35.1 Å². The van der Waals surface area contributed by atoms with Crippen LogP contribution in [-0.2, 0) is 13.1 Å². The number of carbonyl (C=O) groups excluding carboxylic acids is 1. The summed E-state index contributed by atoms with van der Waals surface area (Å²) in [6.07, 6.45) is 9.49. The molecule has 4 rings (SSSR count). The van der Waals surface area contributed by atoms with Crippen LogP contribution in [-0.4, -0.2) is 25.5 Å². The number of amides is 1. The third-order valence-corrected chi connectivity index (χ3v) is 4.39. The van der Waals surface area contributed by atoms with Gasteiger partial charge >= 0.3 is 0 Å². The third kappa shape index (κ3) is 4.09. The van der Waals surface area contributed by atoms with Crippen LogP contribution in [0.1, 0.15) is 28.8 Å². The predicted molar refractivity (Wildman–Crippen MR) is 95.7 cm³/mol. The summed E-state index contributed by atoms with van der Waals surface area (Å²) in [6.45, 7) is 1.55. The Morgan fingerprint density at radius 2 is 1.88 bits per heavy atom. The summed E-state index contributed by atoms with van der Waals surface area (Å²) < 4.78 is 3.65. The number of aromatic nitrogens is 4. The maximum Gasteiger partial charge on any atom is 0.255 e. The molecular weight excluding hydrogens is 338 g/mol. The zero-order chi connectivity index (χ0) is 17.2. The molecule has 0 radical (unpaired) electrons. The van der Waals surface area contributed by atoms with E-state index in [2.05, 4.69) is 15.5 Å². The number of anilines is 1. The second-order valence-corrected chi connectivity index (χ2v) is 6.84. The van der Waals surface area contributed by atoms with Crippen molar-refractivity contribution >= 4 is 23.2 Å². The first kappa shape index (κ1) is 15.9. The molecule has 0 spiro atoms. The number of rotatable bonds is 6. The topological polar surface area (TPSA) is 64.7 Å².